The predicted octanol–water partition coefficient (Wildman–Crippen LogP) is 2.71. The summed E-state index contributed by atoms with van der Waals surface area (Å²) >= 11 is 0. The van der Waals surface area contributed by atoms with Gasteiger partial charge in [0.1, 0.15) is 0 Å². The quantitative estimate of drug-likeness (QED) is 0.809. The number of nitrogens with zero attached hydrogens (tertiary/aromatic N) is 1. The number of aromatic amines is 1. The van der Waals surface area contributed by atoms with E-state index in [9.17, 15) is 5.11 Å². The maximum Gasteiger partial charge on any atom is 0.0589 e. The van der Waals surface area contributed by atoms with E-state index in [1.54, 1.807) is 0 Å². The Labute approximate surface area is 144 Å². The number of aliphatic hydroxyl groups is 1. The number of piperidine rings is 2. The lowest BCUT2D eigenvalue weighted by Crippen LogP contribution is -2.49. The largest absolute Gasteiger partial charge is 0.395 e. The number of fused-ring (bicyclic) bond motifs is 1. The number of nitrogens with one attached hydrogen (secondary N) is 2. The molecule has 24 heavy (non-hydrogen) atoms. The molecular formula is C20H29N3O. The molecule has 0 aliphatic carbocycles. The first-order valence-electron chi connectivity index (χ1n) is 9.48. The van der Waals surface area contributed by atoms with Crippen LogP contribution in [-0.2, 0) is 0 Å². The second kappa shape index (κ2) is 7.26. The Bertz CT molecular complexity index is 654. The number of H-pyrrole nitrogens is 1. The van der Waals surface area contributed by atoms with E-state index >= 15 is 0 Å². The van der Waals surface area contributed by atoms with Crippen molar-refractivity contribution in [2.45, 2.75) is 37.6 Å². The molecule has 3 N–H and O–H groups in total. The molecule has 4 nitrogen and oxygen atoms in total. The molecule has 2 aromatic rings. The van der Waals surface area contributed by atoms with Gasteiger partial charge in [-0.15, -0.1) is 0 Å². The van der Waals surface area contributed by atoms with Crippen molar-refractivity contribution in [1.82, 2.24) is 15.2 Å². The van der Waals surface area contributed by atoms with Crippen molar-refractivity contribution in [2.24, 2.45) is 5.92 Å². The second-order valence-corrected chi connectivity index (χ2v) is 7.44. The zero-order chi connectivity index (χ0) is 16.4. The highest BCUT2D eigenvalue weighted by molar-refractivity contribution is 5.83. The van der Waals surface area contributed by atoms with E-state index in [0.29, 0.717) is 24.5 Å². The van der Waals surface area contributed by atoms with E-state index in [4.69, 9.17) is 0 Å². The molecule has 2 aliphatic rings. The van der Waals surface area contributed by atoms with Crippen LogP contribution in [0.4, 0.5) is 0 Å². The Kier molecular flexibility index (Phi) is 4.88. The van der Waals surface area contributed by atoms with Crippen LogP contribution in [0, 0.1) is 5.92 Å². The van der Waals surface area contributed by atoms with Crippen molar-refractivity contribution in [3.05, 3.63) is 36.0 Å². The molecule has 3 heterocycles. The Morgan fingerprint density at radius 3 is 2.58 bits per heavy atom. The summed E-state index contributed by atoms with van der Waals surface area (Å²) in [5, 5.41) is 14.8. The van der Waals surface area contributed by atoms with Gasteiger partial charge in [-0.3, -0.25) is 4.90 Å². The van der Waals surface area contributed by atoms with Crippen molar-refractivity contribution >= 4 is 10.9 Å². The predicted molar refractivity (Wildman–Crippen MR) is 98.3 cm³/mol. The molecule has 0 radical (unpaired) electrons. The molecular weight excluding hydrogens is 298 g/mol. The van der Waals surface area contributed by atoms with Gasteiger partial charge < -0.3 is 15.4 Å². The van der Waals surface area contributed by atoms with E-state index in [2.05, 4.69) is 45.7 Å². The van der Waals surface area contributed by atoms with Crippen molar-refractivity contribution in [1.29, 1.82) is 0 Å². The second-order valence-electron chi connectivity index (χ2n) is 7.44. The molecule has 0 spiro atoms. The molecule has 2 saturated heterocycles. The van der Waals surface area contributed by atoms with E-state index in [1.165, 1.54) is 42.1 Å². The summed E-state index contributed by atoms with van der Waals surface area (Å²) in [5.74, 6) is 1.30. The molecule has 0 bridgehead atoms. The Hall–Kier alpha value is -1.36. The van der Waals surface area contributed by atoms with Crippen LogP contribution in [0.15, 0.2) is 30.5 Å². The fourth-order valence-electron chi connectivity index (χ4n) is 4.77. The van der Waals surface area contributed by atoms with E-state index < -0.39 is 0 Å². The first kappa shape index (κ1) is 16.1. The number of para-hydroxylation sites is 1. The minimum atomic E-state index is 0.308. The summed E-state index contributed by atoms with van der Waals surface area (Å²) in [4.78, 5) is 5.98. The number of benzene rings is 1. The average Bonchev–Trinajstić information content (AvgIpc) is 3.08. The molecule has 0 saturated carbocycles. The van der Waals surface area contributed by atoms with Crippen LogP contribution in [0.25, 0.3) is 10.9 Å². The van der Waals surface area contributed by atoms with Gasteiger partial charge in [0.05, 0.1) is 6.61 Å². The van der Waals surface area contributed by atoms with Crippen LogP contribution >= 0.6 is 0 Å². The summed E-state index contributed by atoms with van der Waals surface area (Å²) < 4.78 is 0. The van der Waals surface area contributed by atoms with Gasteiger partial charge in [-0.2, -0.15) is 0 Å². The molecule has 4 rings (SSSR count). The van der Waals surface area contributed by atoms with Gasteiger partial charge in [0.15, 0.2) is 0 Å². The smallest absolute Gasteiger partial charge is 0.0589 e. The van der Waals surface area contributed by atoms with Gasteiger partial charge in [0.2, 0.25) is 0 Å². The Balaban J connectivity index is 1.42. The highest BCUT2D eigenvalue weighted by Gasteiger charge is 2.31. The zero-order valence-corrected chi connectivity index (χ0v) is 14.4. The van der Waals surface area contributed by atoms with Crippen LogP contribution in [0.2, 0.25) is 0 Å². The summed E-state index contributed by atoms with van der Waals surface area (Å²) in [6.45, 7) is 4.74. The van der Waals surface area contributed by atoms with Crippen molar-refractivity contribution in [3.63, 3.8) is 0 Å². The van der Waals surface area contributed by atoms with Crippen LogP contribution in [-0.4, -0.2) is 53.8 Å². The minimum Gasteiger partial charge on any atom is -0.395 e. The molecule has 1 unspecified atom stereocenters. The highest BCUT2D eigenvalue weighted by Crippen LogP contribution is 2.34. The van der Waals surface area contributed by atoms with Crippen molar-refractivity contribution in [3.8, 4) is 0 Å². The van der Waals surface area contributed by atoms with E-state index in [1.807, 2.05) is 0 Å². The van der Waals surface area contributed by atoms with Gasteiger partial charge in [0.25, 0.3) is 0 Å². The fraction of sp³-hybridized carbons (Fsp3) is 0.600. The monoisotopic (exact) mass is 327 g/mol. The standard InChI is InChI=1S/C20H29N3O/c24-14-20(16-5-9-21-10-6-16)23-11-7-15(8-12-23)18-13-22-19-4-2-1-3-17(18)19/h1-4,13,15-16,20-22,24H,5-12,14H2. The van der Waals surface area contributed by atoms with Gasteiger partial charge in [-0.05, 0) is 75.3 Å². The summed E-state index contributed by atoms with van der Waals surface area (Å²) in [5.41, 5.74) is 2.73. The molecule has 2 fully saturated rings. The van der Waals surface area contributed by atoms with Gasteiger partial charge in [0, 0.05) is 23.1 Å². The topological polar surface area (TPSA) is 51.3 Å². The van der Waals surface area contributed by atoms with E-state index in [0.717, 1.165) is 26.2 Å². The molecule has 1 atom stereocenters. The number of aromatic nitrogens is 1. The molecule has 2 aliphatic heterocycles. The van der Waals surface area contributed by atoms with Crippen LogP contribution in [0.1, 0.15) is 37.2 Å². The van der Waals surface area contributed by atoms with Gasteiger partial charge >= 0.3 is 0 Å². The summed E-state index contributed by atoms with van der Waals surface area (Å²) in [6.07, 6.45) is 7.01. The first-order valence-corrected chi connectivity index (χ1v) is 9.48. The number of likely N-dealkylation sites (tertiary alicyclic amines) is 1. The van der Waals surface area contributed by atoms with Crippen LogP contribution in [0.5, 0.6) is 0 Å². The molecule has 130 valence electrons. The van der Waals surface area contributed by atoms with Gasteiger partial charge in [-0.1, -0.05) is 18.2 Å². The Morgan fingerprint density at radius 2 is 1.83 bits per heavy atom. The minimum absolute atomic E-state index is 0.308. The lowest BCUT2D eigenvalue weighted by molar-refractivity contribution is 0.0497. The van der Waals surface area contributed by atoms with Crippen molar-refractivity contribution in [2.75, 3.05) is 32.8 Å². The molecule has 1 aromatic carbocycles. The normalized spacial score (nSPS) is 22.9. The lowest BCUT2D eigenvalue weighted by atomic mass is 9.85. The first-order chi connectivity index (χ1) is 11.9. The van der Waals surface area contributed by atoms with Crippen LogP contribution in [0.3, 0.4) is 0 Å². The fourth-order valence-corrected chi connectivity index (χ4v) is 4.77. The molecule has 4 heteroatoms. The zero-order valence-electron chi connectivity index (χ0n) is 14.4. The maximum atomic E-state index is 9.95. The summed E-state index contributed by atoms with van der Waals surface area (Å²) in [6, 6.07) is 8.98. The van der Waals surface area contributed by atoms with Gasteiger partial charge in [-0.25, -0.2) is 0 Å². The highest BCUT2D eigenvalue weighted by atomic mass is 16.3. The average molecular weight is 327 g/mol. The SMILES string of the molecule is OCC(C1CCNCC1)N1CCC(c2c[nH]c3ccccc23)CC1. The number of hydrogen-bond donors (Lipinski definition) is 3. The van der Waals surface area contributed by atoms with E-state index in [-0.39, 0.29) is 0 Å². The Morgan fingerprint density at radius 1 is 1.08 bits per heavy atom. The third-order valence-electron chi connectivity index (χ3n) is 6.17. The van der Waals surface area contributed by atoms with Crippen LogP contribution < -0.4 is 5.32 Å². The lowest BCUT2D eigenvalue weighted by Gasteiger charge is -2.41. The third-order valence-corrected chi connectivity index (χ3v) is 6.17. The van der Waals surface area contributed by atoms with Crippen molar-refractivity contribution < 1.29 is 5.11 Å². The summed E-state index contributed by atoms with van der Waals surface area (Å²) in [7, 11) is 0. The maximum absolute atomic E-state index is 9.95. The number of rotatable bonds is 4. The number of aliphatic hydroxyl groups excluding tert-OH is 1. The molecule has 1 aromatic heterocycles. The number of hydrogen-bond acceptors (Lipinski definition) is 3. The third kappa shape index (κ3) is 3.10. The molecule has 0 amide bonds.